The lowest BCUT2D eigenvalue weighted by Gasteiger charge is -2.25. The van der Waals surface area contributed by atoms with E-state index in [1.807, 2.05) is 11.8 Å². The van der Waals surface area contributed by atoms with Gasteiger partial charge in [-0.05, 0) is 25.9 Å². The second kappa shape index (κ2) is 7.36. The summed E-state index contributed by atoms with van der Waals surface area (Å²) < 4.78 is 0. The fraction of sp³-hybridized carbons (Fsp3) is 0.923. The predicted octanol–water partition coefficient (Wildman–Crippen LogP) is 0.682. The molecule has 0 aromatic heterocycles. The van der Waals surface area contributed by atoms with Gasteiger partial charge in [0, 0.05) is 43.1 Å². The molecule has 0 saturated carbocycles. The van der Waals surface area contributed by atoms with Gasteiger partial charge in [-0.3, -0.25) is 9.69 Å². The van der Waals surface area contributed by atoms with Crippen molar-refractivity contribution in [3.8, 4) is 0 Å². The standard InChI is InChI=1S/C13H25N3OS/c1-2-16-6-3-4-12(16)9-15-13(17)8-11-10-18-7-5-14-11/h11-12,14H,2-10H2,1H3,(H,15,17). The second-order valence-electron chi connectivity index (χ2n) is 5.16. The third kappa shape index (κ3) is 4.14. The van der Waals surface area contributed by atoms with E-state index in [1.54, 1.807) is 0 Å². The maximum Gasteiger partial charge on any atom is 0.221 e. The first kappa shape index (κ1) is 14.2. The van der Waals surface area contributed by atoms with Crippen molar-refractivity contribution >= 4 is 17.7 Å². The highest BCUT2D eigenvalue weighted by Crippen LogP contribution is 2.15. The van der Waals surface area contributed by atoms with E-state index >= 15 is 0 Å². The molecular formula is C13H25N3OS. The van der Waals surface area contributed by atoms with Crippen molar-refractivity contribution < 1.29 is 4.79 Å². The topological polar surface area (TPSA) is 44.4 Å². The number of likely N-dealkylation sites (N-methyl/N-ethyl adjacent to an activating group) is 1. The van der Waals surface area contributed by atoms with Gasteiger partial charge in [-0.25, -0.2) is 0 Å². The summed E-state index contributed by atoms with van der Waals surface area (Å²) >= 11 is 1.94. The molecule has 0 aromatic rings. The average Bonchev–Trinajstić information content (AvgIpc) is 2.85. The monoisotopic (exact) mass is 271 g/mol. The molecule has 2 unspecified atom stereocenters. The van der Waals surface area contributed by atoms with Gasteiger partial charge in [-0.2, -0.15) is 11.8 Å². The van der Waals surface area contributed by atoms with Crippen LogP contribution in [0.2, 0.25) is 0 Å². The van der Waals surface area contributed by atoms with Crippen molar-refractivity contribution in [3.63, 3.8) is 0 Å². The van der Waals surface area contributed by atoms with E-state index in [0.717, 1.165) is 25.4 Å². The van der Waals surface area contributed by atoms with Crippen LogP contribution >= 0.6 is 11.8 Å². The Kier molecular flexibility index (Phi) is 5.79. The van der Waals surface area contributed by atoms with E-state index in [9.17, 15) is 4.79 Å². The Balaban J connectivity index is 1.64. The SMILES string of the molecule is CCN1CCCC1CNC(=O)CC1CSCCN1. The summed E-state index contributed by atoms with van der Waals surface area (Å²) in [7, 11) is 0. The minimum Gasteiger partial charge on any atom is -0.354 e. The van der Waals surface area contributed by atoms with Crippen molar-refractivity contribution in [1.82, 2.24) is 15.5 Å². The van der Waals surface area contributed by atoms with Crippen LogP contribution in [0.25, 0.3) is 0 Å². The zero-order chi connectivity index (χ0) is 12.8. The van der Waals surface area contributed by atoms with Crippen LogP contribution in [0.5, 0.6) is 0 Å². The van der Waals surface area contributed by atoms with Gasteiger partial charge in [0.25, 0.3) is 0 Å². The molecule has 0 radical (unpaired) electrons. The second-order valence-corrected chi connectivity index (χ2v) is 6.31. The van der Waals surface area contributed by atoms with Gasteiger partial charge in [0.1, 0.15) is 0 Å². The molecule has 0 spiro atoms. The number of nitrogens with one attached hydrogen (secondary N) is 2. The first-order valence-corrected chi connectivity index (χ1v) is 8.27. The molecule has 5 heteroatoms. The smallest absolute Gasteiger partial charge is 0.221 e. The molecule has 1 amide bonds. The molecule has 0 aliphatic carbocycles. The minimum atomic E-state index is 0.206. The van der Waals surface area contributed by atoms with Crippen molar-refractivity contribution in [2.45, 2.75) is 38.3 Å². The Hall–Kier alpha value is -0.260. The normalized spacial score (nSPS) is 29.4. The third-order valence-corrected chi connectivity index (χ3v) is 5.00. The molecule has 104 valence electrons. The molecule has 2 fully saturated rings. The molecule has 2 N–H and O–H groups in total. The van der Waals surface area contributed by atoms with Crippen molar-refractivity contribution in [3.05, 3.63) is 0 Å². The van der Waals surface area contributed by atoms with Crippen LogP contribution in [-0.2, 0) is 4.79 Å². The van der Waals surface area contributed by atoms with E-state index in [2.05, 4.69) is 22.5 Å². The Morgan fingerprint density at radius 2 is 2.44 bits per heavy atom. The summed E-state index contributed by atoms with van der Waals surface area (Å²) in [6, 6.07) is 0.933. The lowest BCUT2D eigenvalue weighted by atomic mass is 10.2. The highest BCUT2D eigenvalue weighted by molar-refractivity contribution is 7.99. The summed E-state index contributed by atoms with van der Waals surface area (Å²) in [6.07, 6.45) is 3.13. The quantitative estimate of drug-likeness (QED) is 0.772. The van der Waals surface area contributed by atoms with Crippen molar-refractivity contribution in [2.75, 3.05) is 37.7 Å². The van der Waals surface area contributed by atoms with Crippen LogP contribution in [0.1, 0.15) is 26.2 Å². The Morgan fingerprint density at radius 3 is 3.17 bits per heavy atom. The van der Waals surface area contributed by atoms with Crippen LogP contribution in [0.4, 0.5) is 0 Å². The lowest BCUT2D eigenvalue weighted by molar-refractivity contribution is -0.121. The van der Waals surface area contributed by atoms with Crippen LogP contribution in [0.15, 0.2) is 0 Å². The van der Waals surface area contributed by atoms with Crippen LogP contribution in [0.3, 0.4) is 0 Å². The van der Waals surface area contributed by atoms with Crippen LogP contribution in [0, 0.1) is 0 Å². The number of amides is 1. The van der Waals surface area contributed by atoms with Crippen molar-refractivity contribution in [2.24, 2.45) is 0 Å². The highest BCUT2D eigenvalue weighted by Gasteiger charge is 2.23. The van der Waals surface area contributed by atoms with Gasteiger partial charge >= 0.3 is 0 Å². The first-order valence-electron chi connectivity index (χ1n) is 7.11. The van der Waals surface area contributed by atoms with E-state index in [1.165, 1.54) is 25.1 Å². The molecule has 0 aromatic carbocycles. The molecule has 2 saturated heterocycles. The van der Waals surface area contributed by atoms with Gasteiger partial charge in [0.05, 0.1) is 0 Å². The fourth-order valence-electron chi connectivity index (χ4n) is 2.82. The van der Waals surface area contributed by atoms with E-state index in [4.69, 9.17) is 0 Å². The Labute approximate surface area is 114 Å². The number of carbonyl (C=O) groups excluding carboxylic acids is 1. The molecule has 2 rings (SSSR count). The molecule has 2 aliphatic rings. The molecule has 2 heterocycles. The highest BCUT2D eigenvalue weighted by atomic mass is 32.2. The van der Waals surface area contributed by atoms with Crippen LogP contribution < -0.4 is 10.6 Å². The first-order chi connectivity index (χ1) is 8.79. The van der Waals surface area contributed by atoms with Gasteiger partial charge in [0.15, 0.2) is 0 Å². The molecule has 2 atom stereocenters. The van der Waals surface area contributed by atoms with E-state index in [-0.39, 0.29) is 5.91 Å². The lowest BCUT2D eigenvalue weighted by Crippen LogP contribution is -2.44. The van der Waals surface area contributed by atoms with Crippen LogP contribution in [-0.4, -0.2) is 60.6 Å². The predicted molar refractivity (Wildman–Crippen MR) is 77.0 cm³/mol. The van der Waals surface area contributed by atoms with E-state index < -0.39 is 0 Å². The van der Waals surface area contributed by atoms with Gasteiger partial charge in [-0.1, -0.05) is 6.92 Å². The Morgan fingerprint density at radius 1 is 1.56 bits per heavy atom. The molecular weight excluding hydrogens is 246 g/mol. The van der Waals surface area contributed by atoms with Gasteiger partial charge in [-0.15, -0.1) is 0 Å². The summed E-state index contributed by atoms with van der Waals surface area (Å²) in [5.41, 5.74) is 0. The van der Waals surface area contributed by atoms with E-state index in [0.29, 0.717) is 18.5 Å². The number of nitrogens with zero attached hydrogens (tertiary/aromatic N) is 1. The number of hydrogen-bond acceptors (Lipinski definition) is 4. The fourth-order valence-corrected chi connectivity index (χ4v) is 3.77. The maximum absolute atomic E-state index is 11.9. The van der Waals surface area contributed by atoms with Gasteiger partial charge < -0.3 is 10.6 Å². The number of likely N-dealkylation sites (tertiary alicyclic amines) is 1. The summed E-state index contributed by atoms with van der Waals surface area (Å²) in [5, 5.41) is 6.51. The molecule has 0 bridgehead atoms. The number of carbonyl (C=O) groups is 1. The molecule has 4 nitrogen and oxygen atoms in total. The zero-order valence-electron chi connectivity index (χ0n) is 11.3. The number of thioether (sulfide) groups is 1. The summed E-state index contributed by atoms with van der Waals surface area (Å²) in [6.45, 7) is 6.35. The molecule has 2 aliphatic heterocycles. The number of hydrogen-bond donors (Lipinski definition) is 2. The summed E-state index contributed by atoms with van der Waals surface area (Å²) in [5.74, 6) is 2.45. The zero-order valence-corrected chi connectivity index (χ0v) is 12.1. The summed E-state index contributed by atoms with van der Waals surface area (Å²) in [4.78, 5) is 14.4. The average molecular weight is 271 g/mol. The number of rotatable bonds is 5. The van der Waals surface area contributed by atoms with Crippen molar-refractivity contribution in [1.29, 1.82) is 0 Å². The maximum atomic E-state index is 11.9. The third-order valence-electron chi connectivity index (χ3n) is 3.87. The largest absolute Gasteiger partial charge is 0.354 e. The van der Waals surface area contributed by atoms with Gasteiger partial charge in [0.2, 0.25) is 5.91 Å². The Bertz CT molecular complexity index is 269. The minimum absolute atomic E-state index is 0.206. The molecule has 18 heavy (non-hydrogen) atoms.